The molecule has 0 atom stereocenters. The summed E-state index contributed by atoms with van der Waals surface area (Å²) in [5.74, 6) is 0.440. The number of sulfonamides is 1. The van der Waals surface area contributed by atoms with Crippen LogP contribution in [-0.4, -0.2) is 25.5 Å². The van der Waals surface area contributed by atoms with Gasteiger partial charge < -0.3 is 10.1 Å². The molecule has 0 aliphatic carbocycles. The maximum Gasteiger partial charge on any atom is 0.240 e. The Bertz CT molecular complexity index is 956. The number of primary sulfonamides is 1. The lowest BCUT2D eigenvalue weighted by atomic mass is 10.2. The molecule has 0 unspecified atom stereocenters. The fourth-order valence-corrected chi connectivity index (χ4v) is 2.71. The first-order valence-electron chi connectivity index (χ1n) is 6.66. The van der Waals surface area contributed by atoms with Crippen LogP contribution in [0.25, 0.3) is 10.9 Å². The predicted octanol–water partition coefficient (Wildman–Crippen LogP) is 2.03. The average Bonchev–Trinajstić information content (AvgIpc) is 2.54. The second-order valence-corrected chi connectivity index (χ2v) is 6.33. The number of nitrogens with one attached hydrogen (secondary N) is 1. The van der Waals surface area contributed by atoms with Gasteiger partial charge in [-0.3, -0.25) is 4.98 Å². The number of hydrogen-bond acceptors (Lipinski definition) is 6. The van der Waals surface area contributed by atoms with Crippen LogP contribution in [0, 0.1) is 0 Å². The lowest BCUT2D eigenvalue weighted by Crippen LogP contribution is -2.11. The molecule has 2 heterocycles. The fourth-order valence-electron chi connectivity index (χ4n) is 2.19. The lowest BCUT2D eigenvalue weighted by Gasteiger charge is -2.11. The van der Waals surface area contributed by atoms with Gasteiger partial charge >= 0.3 is 0 Å². The van der Waals surface area contributed by atoms with E-state index in [1.807, 2.05) is 12.1 Å². The highest BCUT2D eigenvalue weighted by atomic mass is 32.2. The Kier molecular flexibility index (Phi) is 3.85. The van der Waals surface area contributed by atoms with Crippen LogP contribution in [0.1, 0.15) is 0 Å². The summed E-state index contributed by atoms with van der Waals surface area (Å²) in [6, 6.07) is 9.82. The van der Waals surface area contributed by atoms with Crippen LogP contribution in [0.4, 0.5) is 11.4 Å². The smallest absolute Gasteiger partial charge is 0.240 e. The second-order valence-electron chi connectivity index (χ2n) is 4.77. The maximum atomic E-state index is 11.3. The first-order chi connectivity index (χ1) is 11.0. The third-order valence-electron chi connectivity index (χ3n) is 3.28. The number of benzene rings is 1. The van der Waals surface area contributed by atoms with Crippen LogP contribution in [0.2, 0.25) is 0 Å². The van der Waals surface area contributed by atoms with Crippen molar-refractivity contribution in [3.8, 4) is 5.88 Å². The van der Waals surface area contributed by atoms with Crippen LogP contribution < -0.4 is 15.2 Å². The standard InChI is InChI=1S/C15H14N4O3S/c1-22-15-14-12(6-8-18-15)13(7-9-17-14)19-10-2-4-11(5-3-10)23(16,20)21/h2-9H,1H3,(H,17,19)(H2,16,20,21). The Morgan fingerprint density at radius 1 is 1.04 bits per heavy atom. The third kappa shape index (κ3) is 3.08. The molecule has 0 spiro atoms. The van der Waals surface area contributed by atoms with E-state index >= 15 is 0 Å². The molecule has 23 heavy (non-hydrogen) atoms. The van der Waals surface area contributed by atoms with Crippen LogP contribution >= 0.6 is 0 Å². The van der Waals surface area contributed by atoms with Crippen molar-refractivity contribution >= 4 is 32.3 Å². The Morgan fingerprint density at radius 2 is 1.74 bits per heavy atom. The molecule has 0 fully saturated rings. The van der Waals surface area contributed by atoms with Gasteiger partial charge in [-0.25, -0.2) is 18.5 Å². The number of methoxy groups -OCH3 is 1. The van der Waals surface area contributed by atoms with Crippen molar-refractivity contribution in [1.82, 2.24) is 9.97 Å². The van der Waals surface area contributed by atoms with E-state index in [9.17, 15) is 8.42 Å². The number of ether oxygens (including phenoxy) is 1. The first-order valence-corrected chi connectivity index (χ1v) is 8.21. The average molecular weight is 330 g/mol. The van der Waals surface area contributed by atoms with E-state index in [4.69, 9.17) is 9.88 Å². The van der Waals surface area contributed by atoms with E-state index in [1.54, 1.807) is 24.5 Å². The molecule has 1 aromatic carbocycles. The molecule has 3 rings (SSSR count). The summed E-state index contributed by atoms with van der Waals surface area (Å²) in [7, 11) is -2.16. The minimum absolute atomic E-state index is 0.0634. The van der Waals surface area contributed by atoms with Crippen molar-refractivity contribution in [2.45, 2.75) is 4.90 Å². The summed E-state index contributed by atoms with van der Waals surface area (Å²) in [6.45, 7) is 0. The molecule has 2 aromatic heterocycles. The van der Waals surface area contributed by atoms with Gasteiger partial charge in [-0.2, -0.15) is 0 Å². The molecular weight excluding hydrogens is 316 g/mol. The molecule has 3 N–H and O–H groups in total. The van der Waals surface area contributed by atoms with Crippen LogP contribution in [0.3, 0.4) is 0 Å². The van der Waals surface area contributed by atoms with Gasteiger partial charge in [0.05, 0.1) is 12.0 Å². The first kappa shape index (κ1) is 15.2. The Labute approximate surface area is 133 Å². The highest BCUT2D eigenvalue weighted by molar-refractivity contribution is 7.89. The number of hydrogen-bond donors (Lipinski definition) is 2. The van der Waals surface area contributed by atoms with Gasteiger partial charge in [0.1, 0.15) is 5.52 Å². The Balaban J connectivity index is 1.99. The summed E-state index contributed by atoms with van der Waals surface area (Å²) < 4.78 is 27.8. The SMILES string of the molecule is COc1nccc2c(Nc3ccc(S(N)(=O)=O)cc3)ccnc12. The summed E-state index contributed by atoms with van der Waals surface area (Å²) in [4.78, 5) is 8.46. The summed E-state index contributed by atoms with van der Waals surface area (Å²) in [5.41, 5.74) is 2.17. The summed E-state index contributed by atoms with van der Waals surface area (Å²) in [5, 5.41) is 9.15. The highest BCUT2D eigenvalue weighted by Gasteiger charge is 2.09. The normalized spacial score (nSPS) is 11.4. The Morgan fingerprint density at radius 3 is 2.39 bits per heavy atom. The minimum Gasteiger partial charge on any atom is -0.479 e. The molecule has 7 nitrogen and oxygen atoms in total. The van der Waals surface area contributed by atoms with Crippen molar-refractivity contribution in [2.24, 2.45) is 5.14 Å². The van der Waals surface area contributed by atoms with Gasteiger partial charge in [0.25, 0.3) is 0 Å². The van der Waals surface area contributed by atoms with Gasteiger partial charge in [0.15, 0.2) is 0 Å². The molecule has 3 aromatic rings. The zero-order chi connectivity index (χ0) is 16.4. The highest BCUT2D eigenvalue weighted by Crippen LogP contribution is 2.29. The molecule has 0 aliphatic rings. The summed E-state index contributed by atoms with van der Waals surface area (Å²) in [6.07, 6.45) is 3.28. The van der Waals surface area contributed by atoms with Crippen molar-refractivity contribution in [2.75, 3.05) is 12.4 Å². The number of rotatable bonds is 4. The molecule has 118 valence electrons. The van der Waals surface area contributed by atoms with E-state index in [-0.39, 0.29) is 4.90 Å². The topological polar surface area (TPSA) is 107 Å². The number of fused-ring (bicyclic) bond motifs is 1. The van der Waals surface area contributed by atoms with E-state index in [0.29, 0.717) is 11.4 Å². The predicted molar refractivity (Wildman–Crippen MR) is 87.2 cm³/mol. The monoisotopic (exact) mass is 330 g/mol. The minimum atomic E-state index is -3.70. The van der Waals surface area contributed by atoms with Crippen molar-refractivity contribution in [3.05, 3.63) is 48.8 Å². The van der Waals surface area contributed by atoms with E-state index in [0.717, 1.165) is 16.8 Å². The van der Waals surface area contributed by atoms with Crippen molar-refractivity contribution in [1.29, 1.82) is 0 Å². The number of anilines is 2. The fraction of sp³-hybridized carbons (Fsp3) is 0.0667. The number of nitrogens with zero attached hydrogens (tertiary/aromatic N) is 2. The van der Waals surface area contributed by atoms with Crippen molar-refractivity contribution < 1.29 is 13.2 Å². The third-order valence-corrected chi connectivity index (χ3v) is 4.21. The molecule has 0 amide bonds. The lowest BCUT2D eigenvalue weighted by molar-refractivity contribution is 0.402. The molecule has 0 bridgehead atoms. The number of pyridine rings is 2. The second kappa shape index (κ2) is 5.82. The van der Waals surface area contributed by atoms with Gasteiger partial charge in [0, 0.05) is 29.2 Å². The van der Waals surface area contributed by atoms with Crippen LogP contribution in [0.5, 0.6) is 5.88 Å². The molecule has 0 radical (unpaired) electrons. The zero-order valence-corrected chi connectivity index (χ0v) is 13.0. The molecule has 0 aliphatic heterocycles. The van der Waals surface area contributed by atoms with E-state index in [2.05, 4.69) is 15.3 Å². The van der Waals surface area contributed by atoms with Crippen LogP contribution in [-0.2, 0) is 10.0 Å². The zero-order valence-electron chi connectivity index (χ0n) is 12.2. The van der Waals surface area contributed by atoms with Gasteiger partial charge in [-0.05, 0) is 36.4 Å². The Hall–Kier alpha value is -2.71. The van der Waals surface area contributed by atoms with Gasteiger partial charge in [-0.15, -0.1) is 0 Å². The molecular formula is C15H14N4O3S. The largest absolute Gasteiger partial charge is 0.479 e. The number of nitrogens with two attached hydrogens (primary N) is 1. The molecule has 8 heteroatoms. The molecule has 0 saturated carbocycles. The van der Waals surface area contributed by atoms with Gasteiger partial charge in [0.2, 0.25) is 15.9 Å². The van der Waals surface area contributed by atoms with Crippen LogP contribution in [0.15, 0.2) is 53.7 Å². The summed E-state index contributed by atoms with van der Waals surface area (Å²) >= 11 is 0. The quantitative estimate of drug-likeness (QED) is 0.758. The molecule has 0 saturated heterocycles. The maximum absolute atomic E-state index is 11.3. The van der Waals surface area contributed by atoms with Crippen molar-refractivity contribution in [3.63, 3.8) is 0 Å². The van der Waals surface area contributed by atoms with Gasteiger partial charge in [-0.1, -0.05) is 0 Å². The number of aromatic nitrogens is 2. The van der Waals surface area contributed by atoms with E-state index in [1.165, 1.54) is 19.2 Å². The van der Waals surface area contributed by atoms with E-state index < -0.39 is 10.0 Å².